The van der Waals surface area contributed by atoms with Crippen LogP contribution >= 0.6 is 0 Å². The molecule has 2 aromatic heterocycles. The lowest BCUT2D eigenvalue weighted by molar-refractivity contribution is -0.116. The molecule has 1 aromatic carbocycles. The Balaban J connectivity index is 1.65. The summed E-state index contributed by atoms with van der Waals surface area (Å²) in [5.74, 6) is 0.559. The van der Waals surface area contributed by atoms with E-state index < -0.39 is 0 Å². The average Bonchev–Trinajstić information content (AvgIpc) is 3.04. The topological polar surface area (TPSA) is 55.1 Å². The fourth-order valence-corrected chi connectivity index (χ4v) is 2.00. The van der Waals surface area contributed by atoms with Gasteiger partial charge in [0.05, 0.1) is 18.3 Å². The number of aromatic nitrogens is 1. The van der Waals surface area contributed by atoms with Gasteiger partial charge in [0.25, 0.3) is 0 Å². The van der Waals surface area contributed by atoms with Crippen LogP contribution in [0.1, 0.15) is 11.3 Å². The number of nitrogens with one attached hydrogen (secondary N) is 1. The van der Waals surface area contributed by atoms with Crippen LogP contribution in [-0.2, 0) is 11.3 Å². The Morgan fingerprint density at radius 2 is 2.14 bits per heavy atom. The summed E-state index contributed by atoms with van der Waals surface area (Å²) in [6.07, 6.45) is 6.57. The highest BCUT2D eigenvalue weighted by Gasteiger charge is 1.99. The van der Waals surface area contributed by atoms with Crippen LogP contribution in [0.5, 0.6) is 0 Å². The van der Waals surface area contributed by atoms with Gasteiger partial charge in [0.2, 0.25) is 5.91 Å². The maximum atomic E-state index is 11.7. The van der Waals surface area contributed by atoms with Crippen molar-refractivity contribution in [3.8, 4) is 0 Å². The number of pyridine rings is 1. The first-order chi connectivity index (χ1) is 10.3. The van der Waals surface area contributed by atoms with Gasteiger partial charge in [-0.1, -0.05) is 18.2 Å². The second-order valence-corrected chi connectivity index (χ2v) is 4.59. The van der Waals surface area contributed by atoms with Crippen LogP contribution in [0.15, 0.2) is 65.4 Å². The van der Waals surface area contributed by atoms with Crippen LogP contribution in [0.3, 0.4) is 0 Å². The number of benzene rings is 1. The van der Waals surface area contributed by atoms with E-state index in [9.17, 15) is 4.79 Å². The number of nitrogens with zero attached hydrogens (tertiary/aromatic N) is 1. The van der Waals surface area contributed by atoms with Gasteiger partial charge in [-0.05, 0) is 35.9 Å². The summed E-state index contributed by atoms with van der Waals surface area (Å²) in [5, 5.41) is 3.80. The Hall–Kier alpha value is -2.88. The minimum Gasteiger partial charge on any atom is -0.467 e. The standard InChI is InChI=1S/C17H14N2O2/c20-17(19-12-15-5-3-9-21-15)8-7-13-10-14-4-1-2-6-16(14)18-11-13/h1-11H,12H2,(H,19,20)/b8-7+. The van der Waals surface area contributed by atoms with E-state index in [2.05, 4.69) is 10.3 Å². The molecule has 0 radical (unpaired) electrons. The highest BCUT2D eigenvalue weighted by atomic mass is 16.3. The fraction of sp³-hybridized carbons (Fsp3) is 0.0588. The molecule has 4 nitrogen and oxygen atoms in total. The van der Waals surface area contributed by atoms with Crippen molar-refractivity contribution in [2.24, 2.45) is 0 Å². The summed E-state index contributed by atoms with van der Waals surface area (Å²) in [5.41, 5.74) is 1.83. The number of fused-ring (bicyclic) bond motifs is 1. The Labute approximate surface area is 122 Å². The molecule has 0 aliphatic carbocycles. The molecule has 0 spiro atoms. The predicted octanol–water partition coefficient (Wildman–Crippen LogP) is 3.16. The second-order valence-electron chi connectivity index (χ2n) is 4.59. The van der Waals surface area contributed by atoms with E-state index in [1.807, 2.05) is 36.4 Å². The molecule has 3 rings (SSSR count). The molecule has 0 fully saturated rings. The summed E-state index contributed by atoms with van der Waals surface area (Å²) in [7, 11) is 0. The van der Waals surface area contributed by atoms with E-state index in [0.717, 1.165) is 22.2 Å². The molecule has 1 N–H and O–H groups in total. The first-order valence-corrected chi connectivity index (χ1v) is 6.64. The Kier molecular flexibility index (Phi) is 3.78. The first-order valence-electron chi connectivity index (χ1n) is 6.64. The number of carbonyl (C=O) groups excluding carboxylic acids is 1. The number of hydrogen-bond acceptors (Lipinski definition) is 3. The fourth-order valence-electron chi connectivity index (χ4n) is 2.00. The lowest BCUT2D eigenvalue weighted by atomic mass is 10.1. The quantitative estimate of drug-likeness (QED) is 0.746. The maximum absolute atomic E-state index is 11.7. The second kappa shape index (κ2) is 6.05. The van der Waals surface area contributed by atoms with Gasteiger partial charge in [-0.2, -0.15) is 0 Å². The van der Waals surface area contributed by atoms with Crippen LogP contribution in [-0.4, -0.2) is 10.9 Å². The van der Waals surface area contributed by atoms with Crippen molar-refractivity contribution in [2.45, 2.75) is 6.54 Å². The summed E-state index contributed by atoms with van der Waals surface area (Å²) >= 11 is 0. The van der Waals surface area contributed by atoms with Crippen molar-refractivity contribution >= 4 is 22.9 Å². The van der Waals surface area contributed by atoms with Crippen molar-refractivity contribution in [1.82, 2.24) is 10.3 Å². The predicted molar refractivity (Wildman–Crippen MR) is 81.3 cm³/mol. The normalized spacial score (nSPS) is 11.0. The molecule has 0 aliphatic rings. The van der Waals surface area contributed by atoms with Gasteiger partial charge in [-0.25, -0.2) is 0 Å². The van der Waals surface area contributed by atoms with E-state index in [1.165, 1.54) is 6.08 Å². The largest absolute Gasteiger partial charge is 0.467 e. The molecule has 104 valence electrons. The highest BCUT2D eigenvalue weighted by molar-refractivity contribution is 5.92. The summed E-state index contributed by atoms with van der Waals surface area (Å²) in [6.45, 7) is 0.381. The molecule has 1 amide bonds. The van der Waals surface area contributed by atoms with Gasteiger partial charge in [0.15, 0.2) is 0 Å². The number of carbonyl (C=O) groups is 1. The summed E-state index contributed by atoms with van der Waals surface area (Å²) in [4.78, 5) is 16.1. The van der Waals surface area contributed by atoms with Crippen LogP contribution in [0, 0.1) is 0 Å². The molecule has 0 saturated heterocycles. The monoisotopic (exact) mass is 278 g/mol. The molecule has 0 bridgehead atoms. The molecule has 21 heavy (non-hydrogen) atoms. The minimum atomic E-state index is -0.167. The number of rotatable bonds is 4. The molecule has 2 heterocycles. The third-order valence-corrected chi connectivity index (χ3v) is 3.06. The van der Waals surface area contributed by atoms with Crippen molar-refractivity contribution in [2.75, 3.05) is 0 Å². The van der Waals surface area contributed by atoms with Gasteiger partial charge in [0, 0.05) is 17.7 Å². The highest BCUT2D eigenvalue weighted by Crippen LogP contribution is 2.13. The van der Waals surface area contributed by atoms with Crippen LogP contribution < -0.4 is 5.32 Å². The third kappa shape index (κ3) is 3.36. The molecular formula is C17H14N2O2. The number of furan rings is 1. The zero-order chi connectivity index (χ0) is 14.5. The Morgan fingerprint density at radius 1 is 1.24 bits per heavy atom. The number of para-hydroxylation sites is 1. The lowest BCUT2D eigenvalue weighted by Crippen LogP contribution is -2.19. The molecule has 0 unspecified atom stereocenters. The van der Waals surface area contributed by atoms with E-state index >= 15 is 0 Å². The van der Waals surface area contributed by atoms with Gasteiger partial charge in [-0.15, -0.1) is 0 Å². The van der Waals surface area contributed by atoms with Crippen molar-refractivity contribution in [1.29, 1.82) is 0 Å². The molecule has 4 heteroatoms. The van der Waals surface area contributed by atoms with Gasteiger partial charge in [0.1, 0.15) is 5.76 Å². The third-order valence-electron chi connectivity index (χ3n) is 3.06. The Morgan fingerprint density at radius 3 is 3.00 bits per heavy atom. The summed E-state index contributed by atoms with van der Waals surface area (Å²) in [6, 6.07) is 13.5. The van der Waals surface area contributed by atoms with E-state index in [4.69, 9.17) is 4.42 Å². The van der Waals surface area contributed by atoms with Gasteiger partial charge >= 0.3 is 0 Å². The molecule has 3 aromatic rings. The Bertz CT molecular complexity index is 776. The molecular weight excluding hydrogens is 264 g/mol. The van der Waals surface area contributed by atoms with Crippen molar-refractivity contribution in [3.63, 3.8) is 0 Å². The van der Waals surface area contributed by atoms with E-state index in [0.29, 0.717) is 6.54 Å². The van der Waals surface area contributed by atoms with Crippen LogP contribution in [0.4, 0.5) is 0 Å². The zero-order valence-corrected chi connectivity index (χ0v) is 11.3. The molecule has 0 aliphatic heterocycles. The zero-order valence-electron chi connectivity index (χ0n) is 11.3. The van der Waals surface area contributed by atoms with E-state index in [1.54, 1.807) is 24.6 Å². The molecule has 0 saturated carbocycles. The van der Waals surface area contributed by atoms with Crippen molar-refractivity contribution in [3.05, 3.63) is 72.3 Å². The van der Waals surface area contributed by atoms with Crippen LogP contribution in [0.25, 0.3) is 17.0 Å². The lowest BCUT2D eigenvalue weighted by Gasteiger charge is -2.00. The smallest absolute Gasteiger partial charge is 0.244 e. The average molecular weight is 278 g/mol. The maximum Gasteiger partial charge on any atom is 0.244 e. The SMILES string of the molecule is O=C(/C=C/c1cnc2ccccc2c1)NCc1ccco1. The van der Waals surface area contributed by atoms with Crippen LogP contribution in [0.2, 0.25) is 0 Å². The van der Waals surface area contributed by atoms with E-state index in [-0.39, 0.29) is 5.91 Å². The number of hydrogen-bond donors (Lipinski definition) is 1. The minimum absolute atomic E-state index is 0.167. The number of amides is 1. The van der Waals surface area contributed by atoms with Gasteiger partial charge < -0.3 is 9.73 Å². The van der Waals surface area contributed by atoms with Gasteiger partial charge in [-0.3, -0.25) is 9.78 Å². The first kappa shape index (κ1) is 13.1. The van der Waals surface area contributed by atoms with Crippen molar-refractivity contribution < 1.29 is 9.21 Å². The molecule has 0 atom stereocenters. The summed E-state index contributed by atoms with van der Waals surface area (Å²) < 4.78 is 5.15.